The van der Waals surface area contributed by atoms with Gasteiger partial charge in [0.25, 0.3) is 5.91 Å². The van der Waals surface area contributed by atoms with Gasteiger partial charge in [-0.2, -0.15) is 4.31 Å². The molecule has 2 aromatic rings. The molecule has 0 unspecified atom stereocenters. The van der Waals surface area contributed by atoms with Gasteiger partial charge in [-0.05, 0) is 68.3 Å². The van der Waals surface area contributed by atoms with Crippen molar-refractivity contribution in [1.82, 2.24) is 9.62 Å². The third-order valence-electron chi connectivity index (χ3n) is 5.54. The van der Waals surface area contributed by atoms with Gasteiger partial charge < -0.3 is 10.1 Å². The van der Waals surface area contributed by atoms with Gasteiger partial charge in [0, 0.05) is 25.2 Å². The summed E-state index contributed by atoms with van der Waals surface area (Å²) >= 11 is 0. The maximum Gasteiger partial charge on any atom is 0.251 e. The summed E-state index contributed by atoms with van der Waals surface area (Å²) in [5, 5.41) is 2.74. The van der Waals surface area contributed by atoms with E-state index in [0.717, 1.165) is 25.5 Å². The van der Waals surface area contributed by atoms with Crippen molar-refractivity contribution in [3.05, 3.63) is 54.1 Å². The minimum absolute atomic E-state index is 0.208. The van der Waals surface area contributed by atoms with E-state index in [2.05, 4.69) is 5.32 Å². The molecular formula is C23H31N3O6S2. The lowest BCUT2D eigenvalue weighted by Gasteiger charge is -2.25. The third-order valence-corrected chi connectivity index (χ3v) is 8.72. The van der Waals surface area contributed by atoms with E-state index in [1.807, 2.05) is 0 Å². The molecular weight excluding hydrogens is 478 g/mol. The number of rotatable bonds is 10. The highest BCUT2D eigenvalue weighted by molar-refractivity contribution is 7.92. The zero-order chi connectivity index (χ0) is 24.8. The largest absolute Gasteiger partial charge is 0.492 e. The first kappa shape index (κ1) is 26.0. The van der Waals surface area contributed by atoms with Crippen molar-refractivity contribution in [1.29, 1.82) is 0 Å². The van der Waals surface area contributed by atoms with Crippen LogP contribution in [-0.2, 0) is 20.0 Å². The Kier molecular flexibility index (Phi) is 8.56. The first-order chi connectivity index (χ1) is 16.1. The Labute approximate surface area is 201 Å². The average Bonchev–Trinajstić information content (AvgIpc) is 2.82. The van der Waals surface area contributed by atoms with E-state index in [1.165, 1.54) is 20.7 Å². The van der Waals surface area contributed by atoms with Crippen molar-refractivity contribution in [2.24, 2.45) is 0 Å². The van der Waals surface area contributed by atoms with Crippen molar-refractivity contribution >= 4 is 31.6 Å². The van der Waals surface area contributed by atoms with Gasteiger partial charge >= 0.3 is 0 Å². The first-order valence-electron chi connectivity index (χ1n) is 11.2. The number of nitrogens with zero attached hydrogens (tertiary/aromatic N) is 2. The van der Waals surface area contributed by atoms with Crippen LogP contribution in [0.15, 0.2) is 53.4 Å². The summed E-state index contributed by atoms with van der Waals surface area (Å²) in [4.78, 5) is 12.6. The molecule has 1 saturated heterocycles. The predicted octanol–water partition coefficient (Wildman–Crippen LogP) is 2.46. The summed E-state index contributed by atoms with van der Waals surface area (Å²) in [6.07, 6.45) is 3.96. The Balaban J connectivity index is 1.48. The Morgan fingerprint density at radius 3 is 2.15 bits per heavy atom. The molecule has 11 heteroatoms. The molecule has 186 valence electrons. The van der Waals surface area contributed by atoms with Gasteiger partial charge in [0.05, 0.1) is 23.4 Å². The van der Waals surface area contributed by atoms with Crippen LogP contribution in [-0.4, -0.2) is 66.1 Å². The molecule has 1 N–H and O–H groups in total. The molecule has 2 aromatic carbocycles. The fraction of sp³-hybridized carbons (Fsp3) is 0.435. The summed E-state index contributed by atoms with van der Waals surface area (Å²) in [6.45, 7) is 3.60. The second-order valence-corrected chi connectivity index (χ2v) is 11.9. The zero-order valence-electron chi connectivity index (χ0n) is 19.4. The normalized spacial score (nSPS) is 15.0. The molecule has 1 aliphatic rings. The number of hydrogen-bond acceptors (Lipinski definition) is 6. The number of hydrogen-bond donors (Lipinski definition) is 1. The van der Waals surface area contributed by atoms with Crippen LogP contribution in [0.4, 0.5) is 5.69 Å². The molecule has 1 fully saturated rings. The maximum absolute atomic E-state index is 12.7. The number of piperidine rings is 1. The minimum Gasteiger partial charge on any atom is -0.492 e. The van der Waals surface area contributed by atoms with E-state index in [-0.39, 0.29) is 24.0 Å². The lowest BCUT2D eigenvalue weighted by Crippen LogP contribution is -2.35. The van der Waals surface area contributed by atoms with Crippen molar-refractivity contribution in [2.75, 3.05) is 43.3 Å². The summed E-state index contributed by atoms with van der Waals surface area (Å²) in [7, 11) is -6.86. The van der Waals surface area contributed by atoms with Gasteiger partial charge in [-0.1, -0.05) is 6.42 Å². The van der Waals surface area contributed by atoms with E-state index in [9.17, 15) is 21.6 Å². The average molecular weight is 510 g/mol. The SMILES string of the molecule is CCN(c1ccc(C(=O)NCCOc2ccc(S(=O)(=O)N3CCCCC3)cc2)cc1)S(C)(=O)=O. The molecule has 0 bridgehead atoms. The van der Waals surface area contributed by atoms with Crippen LogP contribution in [0.2, 0.25) is 0 Å². The maximum atomic E-state index is 12.7. The van der Waals surface area contributed by atoms with Gasteiger partial charge in [-0.3, -0.25) is 9.10 Å². The monoisotopic (exact) mass is 509 g/mol. The number of nitrogens with one attached hydrogen (secondary N) is 1. The Morgan fingerprint density at radius 1 is 0.971 bits per heavy atom. The highest BCUT2D eigenvalue weighted by atomic mass is 32.2. The highest BCUT2D eigenvalue weighted by Crippen LogP contribution is 2.23. The molecule has 0 aromatic heterocycles. The van der Waals surface area contributed by atoms with E-state index in [4.69, 9.17) is 4.74 Å². The van der Waals surface area contributed by atoms with Crippen molar-refractivity contribution in [2.45, 2.75) is 31.1 Å². The fourth-order valence-electron chi connectivity index (χ4n) is 3.79. The lowest BCUT2D eigenvalue weighted by atomic mass is 10.2. The molecule has 1 aliphatic heterocycles. The van der Waals surface area contributed by atoms with Crippen LogP contribution in [0.5, 0.6) is 5.75 Å². The summed E-state index contributed by atoms with van der Waals surface area (Å²) in [5.74, 6) is 0.206. The molecule has 0 atom stereocenters. The highest BCUT2D eigenvalue weighted by Gasteiger charge is 2.25. The molecule has 1 amide bonds. The molecule has 9 nitrogen and oxygen atoms in total. The van der Waals surface area contributed by atoms with E-state index >= 15 is 0 Å². The number of ether oxygens (including phenoxy) is 1. The summed E-state index contributed by atoms with van der Waals surface area (Å²) in [6, 6.07) is 12.6. The zero-order valence-corrected chi connectivity index (χ0v) is 21.1. The second-order valence-electron chi connectivity index (χ2n) is 8.02. The Bertz CT molecular complexity index is 1170. The predicted molar refractivity (Wildman–Crippen MR) is 131 cm³/mol. The van der Waals surface area contributed by atoms with Crippen LogP contribution in [0.3, 0.4) is 0 Å². The van der Waals surface area contributed by atoms with Gasteiger partial charge in [0.1, 0.15) is 12.4 Å². The molecule has 0 aliphatic carbocycles. The van der Waals surface area contributed by atoms with Gasteiger partial charge in [-0.25, -0.2) is 16.8 Å². The van der Waals surface area contributed by atoms with E-state index in [1.54, 1.807) is 43.3 Å². The molecule has 0 spiro atoms. The van der Waals surface area contributed by atoms with Crippen LogP contribution in [0.1, 0.15) is 36.5 Å². The van der Waals surface area contributed by atoms with Gasteiger partial charge in [-0.15, -0.1) is 0 Å². The summed E-state index contributed by atoms with van der Waals surface area (Å²) in [5.41, 5.74) is 0.899. The Morgan fingerprint density at radius 2 is 1.59 bits per heavy atom. The van der Waals surface area contributed by atoms with Crippen molar-refractivity contribution in [3.8, 4) is 5.75 Å². The van der Waals surface area contributed by atoms with Crippen LogP contribution < -0.4 is 14.4 Å². The third kappa shape index (κ3) is 6.49. The number of carbonyl (C=O) groups excluding carboxylic acids is 1. The topological polar surface area (TPSA) is 113 Å². The smallest absolute Gasteiger partial charge is 0.251 e. The van der Waals surface area contributed by atoms with Gasteiger partial charge in [0.2, 0.25) is 20.0 Å². The number of carbonyl (C=O) groups is 1. The molecule has 0 radical (unpaired) electrons. The minimum atomic E-state index is -3.48. The van der Waals surface area contributed by atoms with Crippen LogP contribution >= 0.6 is 0 Å². The quantitative estimate of drug-likeness (QED) is 0.492. The van der Waals surface area contributed by atoms with E-state index < -0.39 is 20.0 Å². The number of sulfonamides is 2. The summed E-state index contributed by atoms with van der Waals surface area (Å²) < 4.78 is 57.4. The van der Waals surface area contributed by atoms with Crippen molar-refractivity contribution in [3.63, 3.8) is 0 Å². The number of benzene rings is 2. The molecule has 34 heavy (non-hydrogen) atoms. The van der Waals surface area contributed by atoms with E-state index in [0.29, 0.717) is 36.6 Å². The number of anilines is 1. The standard InChI is InChI=1S/C23H31N3O6S2/c1-3-26(33(2,28)29)20-9-7-19(8-10-20)23(27)24-15-18-32-21-11-13-22(14-12-21)34(30,31)25-16-5-4-6-17-25/h7-14H,3-6,15-18H2,1-2H3,(H,24,27). The van der Waals surface area contributed by atoms with Crippen molar-refractivity contribution < 1.29 is 26.4 Å². The number of amides is 1. The second kappa shape index (κ2) is 11.2. The van der Waals surface area contributed by atoms with Crippen LogP contribution in [0.25, 0.3) is 0 Å². The van der Waals surface area contributed by atoms with Gasteiger partial charge in [0.15, 0.2) is 0 Å². The molecule has 0 saturated carbocycles. The van der Waals surface area contributed by atoms with Crippen LogP contribution in [0, 0.1) is 0 Å². The fourth-order valence-corrected chi connectivity index (χ4v) is 6.28. The molecule has 3 rings (SSSR count). The lowest BCUT2D eigenvalue weighted by molar-refractivity contribution is 0.0947. The first-order valence-corrected chi connectivity index (χ1v) is 14.5. The molecule has 1 heterocycles. The Hall–Kier alpha value is -2.63.